The summed E-state index contributed by atoms with van der Waals surface area (Å²) < 4.78 is 18.8. The van der Waals surface area contributed by atoms with E-state index in [0.29, 0.717) is 36.4 Å². The lowest BCUT2D eigenvalue weighted by atomic mass is 10.0. The Labute approximate surface area is 210 Å². The number of hydrogen-bond acceptors (Lipinski definition) is 6. The van der Waals surface area contributed by atoms with Gasteiger partial charge in [-0.15, -0.1) is 24.0 Å². The van der Waals surface area contributed by atoms with Crippen LogP contribution in [0.5, 0.6) is 0 Å². The van der Waals surface area contributed by atoms with Crippen LogP contribution < -0.4 is 15.5 Å². The van der Waals surface area contributed by atoms with E-state index in [4.69, 9.17) is 4.52 Å². The predicted molar refractivity (Wildman–Crippen MR) is 137 cm³/mol. The number of anilines is 1. The van der Waals surface area contributed by atoms with Crippen LogP contribution in [0, 0.1) is 5.82 Å². The Morgan fingerprint density at radius 1 is 1.21 bits per heavy atom. The van der Waals surface area contributed by atoms with Crippen molar-refractivity contribution in [2.24, 2.45) is 4.99 Å². The lowest BCUT2D eigenvalue weighted by Crippen LogP contribution is -2.48. The minimum absolute atomic E-state index is 0. The van der Waals surface area contributed by atoms with Crippen LogP contribution in [0.3, 0.4) is 0 Å². The third-order valence-electron chi connectivity index (χ3n) is 5.31. The van der Waals surface area contributed by atoms with E-state index in [1.54, 1.807) is 18.3 Å². The van der Waals surface area contributed by atoms with Gasteiger partial charge in [0.15, 0.2) is 11.8 Å². The molecular weight excluding hydrogens is 536 g/mol. The molecule has 0 bridgehead atoms. The Hall–Kier alpha value is -2.76. The van der Waals surface area contributed by atoms with Gasteiger partial charge in [0, 0.05) is 50.5 Å². The molecule has 1 saturated heterocycles. The van der Waals surface area contributed by atoms with Crippen LogP contribution in [-0.4, -0.2) is 53.3 Å². The summed E-state index contributed by atoms with van der Waals surface area (Å²) in [6.45, 7) is 5.11. The van der Waals surface area contributed by atoms with Crippen LogP contribution in [0.15, 0.2) is 58.2 Å². The van der Waals surface area contributed by atoms with E-state index in [-0.39, 0.29) is 29.8 Å². The summed E-state index contributed by atoms with van der Waals surface area (Å²) >= 11 is 0. The Kier molecular flexibility index (Phi) is 9.40. The van der Waals surface area contributed by atoms with E-state index in [0.717, 1.165) is 44.1 Å². The maximum absolute atomic E-state index is 13.5. The topological polar surface area (TPSA) is 91.5 Å². The SMILES string of the molecule is CCNC(=NCCc1noc(-c2ccccn2)n1)NC1CCN(c2cccc(F)c2)CC1.I. The predicted octanol–water partition coefficient (Wildman–Crippen LogP) is 3.66. The number of hydrogen-bond donors (Lipinski definition) is 2. The molecule has 3 aromatic rings. The van der Waals surface area contributed by atoms with Gasteiger partial charge in [0.05, 0.1) is 0 Å². The summed E-state index contributed by atoms with van der Waals surface area (Å²) in [5, 5.41) is 10.8. The number of rotatable bonds is 7. The van der Waals surface area contributed by atoms with Gasteiger partial charge in [-0.2, -0.15) is 4.98 Å². The first-order valence-electron chi connectivity index (χ1n) is 11.0. The lowest BCUT2D eigenvalue weighted by molar-refractivity contribution is 0.421. The molecule has 1 fully saturated rings. The highest BCUT2D eigenvalue weighted by atomic mass is 127. The van der Waals surface area contributed by atoms with Crippen molar-refractivity contribution in [3.8, 4) is 11.6 Å². The van der Waals surface area contributed by atoms with Crippen LogP contribution in [0.25, 0.3) is 11.6 Å². The van der Waals surface area contributed by atoms with Gasteiger partial charge in [-0.05, 0) is 50.1 Å². The molecule has 0 saturated carbocycles. The zero-order valence-corrected chi connectivity index (χ0v) is 20.9. The first-order chi connectivity index (χ1) is 15.7. The van der Waals surface area contributed by atoms with Gasteiger partial charge < -0.3 is 20.1 Å². The average molecular weight is 565 g/mol. The number of pyridine rings is 1. The number of nitrogens with one attached hydrogen (secondary N) is 2. The van der Waals surface area contributed by atoms with Crippen molar-refractivity contribution in [1.29, 1.82) is 0 Å². The van der Waals surface area contributed by atoms with Crippen molar-refractivity contribution in [3.63, 3.8) is 0 Å². The molecule has 1 aliphatic rings. The Morgan fingerprint density at radius 3 is 2.79 bits per heavy atom. The summed E-state index contributed by atoms with van der Waals surface area (Å²) in [7, 11) is 0. The highest BCUT2D eigenvalue weighted by molar-refractivity contribution is 14.0. The number of benzene rings is 1. The Morgan fingerprint density at radius 2 is 2.06 bits per heavy atom. The van der Waals surface area contributed by atoms with E-state index in [1.165, 1.54) is 6.07 Å². The fraction of sp³-hybridized carbons (Fsp3) is 0.391. The molecule has 2 aromatic heterocycles. The van der Waals surface area contributed by atoms with E-state index in [2.05, 4.69) is 35.7 Å². The zero-order valence-electron chi connectivity index (χ0n) is 18.6. The third-order valence-corrected chi connectivity index (χ3v) is 5.31. The summed E-state index contributed by atoms with van der Waals surface area (Å²) in [6, 6.07) is 12.7. The van der Waals surface area contributed by atoms with Gasteiger partial charge in [0.1, 0.15) is 11.5 Å². The molecule has 0 radical (unpaired) electrons. The molecule has 0 unspecified atom stereocenters. The summed E-state index contributed by atoms with van der Waals surface area (Å²) in [5.74, 6) is 1.61. The molecule has 1 aromatic carbocycles. The molecule has 0 spiro atoms. The summed E-state index contributed by atoms with van der Waals surface area (Å²) in [5.41, 5.74) is 1.60. The molecule has 33 heavy (non-hydrogen) atoms. The van der Waals surface area contributed by atoms with E-state index in [1.807, 2.05) is 31.2 Å². The van der Waals surface area contributed by atoms with Gasteiger partial charge in [0.2, 0.25) is 0 Å². The van der Waals surface area contributed by atoms with Crippen LogP contribution in [0.4, 0.5) is 10.1 Å². The molecule has 1 aliphatic heterocycles. The average Bonchev–Trinajstić information content (AvgIpc) is 3.29. The number of halogens is 2. The van der Waals surface area contributed by atoms with Crippen LogP contribution in [0.1, 0.15) is 25.6 Å². The van der Waals surface area contributed by atoms with Crippen LogP contribution in [0.2, 0.25) is 0 Å². The second-order valence-corrected chi connectivity index (χ2v) is 7.63. The quantitative estimate of drug-likeness (QED) is 0.257. The molecule has 0 aliphatic carbocycles. The Bertz CT molecular complexity index is 1020. The van der Waals surface area contributed by atoms with Gasteiger partial charge in [0.25, 0.3) is 5.89 Å². The maximum atomic E-state index is 13.5. The zero-order chi connectivity index (χ0) is 22.2. The maximum Gasteiger partial charge on any atom is 0.276 e. The second kappa shape index (κ2) is 12.5. The number of aliphatic imine (C=N–C) groups is 1. The van der Waals surface area contributed by atoms with Crippen molar-refractivity contribution in [3.05, 3.63) is 60.3 Å². The molecule has 0 amide bonds. The first-order valence-corrected chi connectivity index (χ1v) is 11.0. The van der Waals surface area contributed by atoms with Crippen LogP contribution in [-0.2, 0) is 6.42 Å². The fourth-order valence-electron chi connectivity index (χ4n) is 3.68. The highest BCUT2D eigenvalue weighted by Crippen LogP contribution is 2.20. The molecule has 8 nitrogen and oxygen atoms in total. The van der Waals surface area contributed by atoms with E-state index in [9.17, 15) is 4.39 Å². The van der Waals surface area contributed by atoms with Gasteiger partial charge in [-0.25, -0.2) is 4.39 Å². The number of guanidine groups is 1. The van der Waals surface area contributed by atoms with Gasteiger partial charge in [-0.3, -0.25) is 9.98 Å². The largest absolute Gasteiger partial charge is 0.371 e. The van der Waals surface area contributed by atoms with Gasteiger partial charge >= 0.3 is 0 Å². The van der Waals surface area contributed by atoms with E-state index >= 15 is 0 Å². The molecule has 2 N–H and O–H groups in total. The molecule has 10 heteroatoms. The Balaban J connectivity index is 0.00000306. The van der Waals surface area contributed by atoms with E-state index < -0.39 is 0 Å². The van der Waals surface area contributed by atoms with Crippen molar-refractivity contribution in [2.45, 2.75) is 32.2 Å². The lowest BCUT2D eigenvalue weighted by Gasteiger charge is -2.34. The minimum Gasteiger partial charge on any atom is -0.371 e. The second-order valence-electron chi connectivity index (χ2n) is 7.63. The number of piperidine rings is 1. The van der Waals surface area contributed by atoms with Crippen molar-refractivity contribution in [1.82, 2.24) is 25.8 Å². The molecule has 4 rings (SSSR count). The standard InChI is InChI=1S/C23H28FN7O.HI/c1-2-25-23(27-13-9-21-29-22(32-30-21)20-8-3-4-12-26-20)28-18-10-14-31(15-11-18)19-7-5-6-17(24)16-19;/h3-8,12,16,18H,2,9-11,13-15H2,1H3,(H2,25,27,28);1H. The molecule has 3 heterocycles. The van der Waals surface area contributed by atoms with Crippen molar-refractivity contribution >= 4 is 35.6 Å². The molecule has 176 valence electrons. The molecule has 0 atom stereocenters. The van der Waals surface area contributed by atoms with Gasteiger partial charge in [-0.1, -0.05) is 17.3 Å². The van der Waals surface area contributed by atoms with Crippen LogP contribution >= 0.6 is 24.0 Å². The molecular formula is C23H29FIN7O. The number of aromatic nitrogens is 3. The normalized spacial score (nSPS) is 14.6. The third kappa shape index (κ3) is 7.11. The minimum atomic E-state index is -0.196. The monoisotopic (exact) mass is 565 g/mol. The number of nitrogens with zero attached hydrogens (tertiary/aromatic N) is 5. The smallest absolute Gasteiger partial charge is 0.276 e. The summed E-state index contributed by atoms with van der Waals surface area (Å²) in [4.78, 5) is 15.5. The fourth-order valence-corrected chi connectivity index (χ4v) is 3.68. The van der Waals surface area contributed by atoms with Crippen molar-refractivity contribution < 1.29 is 8.91 Å². The first kappa shape index (κ1) is 24.9. The van der Waals surface area contributed by atoms with Crippen molar-refractivity contribution in [2.75, 3.05) is 31.1 Å². The summed E-state index contributed by atoms with van der Waals surface area (Å²) in [6.07, 6.45) is 4.18. The highest BCUT2D eigenvalue weighted by Gasteiger charge is 2.20.